The Morgan fingerprint density at radius 3 is 2.61 bits per heavy atom. The van der Waals surface area contributed by atoms with Gasteiger partial charge in [-0.25, -0.2) is 9.67 Å². The maximum Gasteiger partial charge on any atom is 0.405 e. The lowest BCUT2D eigenvalue weighted by Gasteiger charge is -2.24. The molecule has 0 bridgehead atoms. The Labute approximate surface area is 225 Å². The highest BCUT2D eigenvalue weighted by Gasteiger charge is 2.30. The summed E-state index contributed by atoms with van der Waals surface area (Å²) in [4.78, 5) is 30.1. The SMILES string of the molecule is O=C(NCC(F)(F)F)c1cc(Cl)cc(Br)c1NC(=O)c1cc(OC2CSC2)nn1-c1ncccc1Cl. The number of aromatic nitrogens is 3. The number of hydrogen-bond donors (Lipinski definition) is 2. The summed E-state index contributed by atoms with van der Waals surface area (Å²) in [6.45, 7) is -1.56. The van der Waals surface area contributed by atoms with Crippen molar-refractivity contribution in [1.82, 2.24) is 20.1 Å². The van der Waals surface area contributed by atoms with Gasteiger partial charge >= 0.3 is 6.18 Å². The number of benzene rings is 1. The van der Waals surface area contributed by atoms with Crippen molar-refractivity contribution in [3.05, 3.63) is 62.3 Å². The first-order valence-corrected chi connectivity index (χ1v) is 12.8. The van der Waals surface area contributed by atoms with E-state index < -0.39 is 24.5 Å². The van der Waals surface area contributed by atoms with Crippen LogP contribution in [0.4, 0.5) is 18.9 Å². The summed E-state index contributed by atoms with van der Waals surface area (Å²) in [6.07, 6.45) is -3.23. The molecule has 1 aromatic carbocycles. The molecular weight excluding hydrogens is 610 g/mol. The molecule has 0 radical (unpaired) electrons. The van der Waals surface area contributed by atoms with Gasteiger partial charge in [-0.3, -0.25) is 9.59 Å². The van der Waals surface area contributed by atoms with Crippen LogP contribution in [-0.4, -0.2) is 56.9 Å². The molecule has 2 amide bonds. The summed E-state index contributed by atoms with van der Waals surface area (Å²) in [5.41, 5.74) is -0.417. The van der Waals surface area contributed by atoms with E-state index in [0.717, 1.165) is 17.6 Å². The van der Waals surface area contributed by atoms with Gasteiger partial charge in [-0.05, 0) is 40.2 Å². The summed E-state index contributed by atoms with van der Waals surface area (Å²) in [7, 11) is 0. The van der Waals surface area contributed by atoms with Crippen LogP contribution in [0.1, 0.15) is 20.8 Å². The van der Waals surface area contributed by atoms with Crippen molar-refractivity contribution in [2.75, 3.05) is 23.4 Å². The number of anilines is 1. The van der Waals surface area contributed by atoms with Crippen molar-refractivity contribution in [2.45, 2.75) is 12.3 Å². The van der Waals surface area contributed by atoms with E-state index in [0.29, 0.717) is 0 Å². The zero-order valence-corrected chi connectivity index (χ0v) is 21.8. The van der Waals surface area contributed by atoms with E-state index in [1.54, 1.807) is 29.2 Å². The molecular formula is C21H15BrCl2F3N5O3S. The number of carbonyl (C=O) groups excluding carboxylic acids is 2. The van der Waals surface area contributed by atoms with Gasteiger partial charge in [-0.1, -0.05) is 23.2 Å². The quantitative estimate of drug-likeness (QED) is 0.367. The van der Waals surface area contributed by atoms with E-state index in [4.69, 9.17) is 27.9 Å². The van der Waals surface area contributed by atoms with Crippen LogP contribution in [0.3, 0.4) is 0 Å². The molecule has 190 valence electrons. The van der Waals surface area contributed by atoms with Crippen LogP contribution < -0.4 is 15.4 Å². The fourth-order valence-corrected chi connectivity index (χ4v) is 4.73. The van der Waals surface area contributed by atoms with Crippen molar-refractivity contribution in [1.29, 1.82) is 0 Å². The Bertz CT molecular complexity index is 1320. The first kappa shape index (κ1) is 26.6. The molecule has 36 heavy (non-hydrogen) atoms. The summed E-state index contributed by atoms with van der Waals surface area (Å²) >= 11 is 17.2. The number of thioether (sulfide) groups is 1. The molecule has 1 fully saturated rings. The molecule has 1 aliphatic rings. The highest BCUT2D eigenvalue weighted by molar-refractivity contribution is 9.10. The molecule has 2 N–H and O–H groups in total. The zero-order valence-electron chi connectivity index (χ0n) is 17.9. The van der Waals surface area contributed by atoms with E-state index >= 15 is 0 Å². The van der Waals surface area contributed by atoms with E-state index in [2.05, 4.69) is 31.3 Å². The molecule has 0 unspecified atom stereocenters. The minimum absolute atomic E-state index is 0.0407. The van der Waals surface area contributed by atoms with Crippen LogP contribution in [0.2, 0.25) is 10.0 Å². The van der Waals surface area contributed by atoms with E-state index in [1.165, 1.54) is 23.0 Å². The normalized spacial score (nSPS) is 13.7. The fourth-order valence-electron chi connectivity index (χ4n) is 3.06. The van der Waals surface area contributed by atoms with E-state index in [-0.39, 0.29) is 49.3 Å². The van der Waals surface area contributed by atoms with Gasteiger partial charge in [0.1, 0.15) is 18.3 Å². The molecule has 2 aromatic heterocycles. The Morgan fingerprint density at radius 2 is 1.97 bits per heavy atom. The first-order valence-electron chi connectivity index (χ1n) is 10.1. The minimum Gasteiger partial charge on any atom is -0.472 e. The molecule has 8 nitrogen and oxygen atoms in total. The Hall–Kier alpha value is -2.48. The van der Waals surface area contributed by atoms with Crippen LogP contribution in [0.15, 0.2) is 41.0 Å². The second kappa shape index (κ2) is 10.9. The smallest absolute Gasteiger partial charge is 0.405 e. The molecule has 1 saturated heterocycles. The number of hydrogen-bond acceptors (Lipinski definition) is 6. The molecule has 0 spiro atoms. The molecule has 1 aliphatic heterocycles. The number of halogens is 6. The first-order chi connectivity index (χ1) is 17.0. The average molecular weight is 625 g/mol. The Kier molecular flexibility index (Phi) is 8.03. The van der Waals surface area contributed by atoms with Crippen LogP contribution >= 0.6 is 50.9 Å². The van der Waals surface area contributed by atoms with Gasteiger partial charge in [0, 0.05) is 33.3 Å². The van der Waals surface area contributed by atoms with Gasteiger partial charge in [0.25, 0.3) is 11.8 Å². The number of carbonyl (C=O) groups is 2. The Balaban J connectivity index is 1.69. The molecule has 4 rings (SSSR count). The van der Waals surface area contributed by atoms with Crippen molar-refractivity contribution in [3.63, 3.8) is 0 Å². The zero-order chi connectivity index (χ0) is 26.0. The third kappa shape index (κ3) is 6.25. The van der Waals surface area contributed by atoms with Crippen molar-refractivity contribution >= 4 is 68.4 Å². The maximum atomic E-state index is 13.4. The summed E-state index contributed by atoms with van der Waals surface area (Å²) in [5, 5.41) is 8.91. The van der Waals surface area contributed by atoms with Gasteiger partial charge in [0.05, 0.1) is 16.3 Å². The molecule has 3 heterocycles. The van der Waals surface area contributed by atoms with Crippen molar-refractivity contribution in [2.24, 2.45) is 0 Å². The standard InChI is InChI=1S/C21H15BrCl2F3N5O3S/c22-13-5-10(23)4-12(19(33)29-9-21(25,26)27)17(13)30-20(34)15-6-16(35-11-7-36-8-11)31-32(15)18-14(24)2-1-3-28-18/h1-6,11H,7-9H2,(H,29,33)(H,30,34). The molecule has 0 saturated carbocycles. The predicted octanol–water partition coefficient (Wildman–Crippen LogP) is 5.38. The number of amides is 2. The third-order valence-corrected chi connectivity index (χ3v) is 7.10. The number of ether oxygens (including phenoxy) is 1. The minimum atomic E-state index is -4.63. The van der Waals surface area contributed by atoms with Crippen LogP contribution in [0, 0.1) is 0 Å². The molecule has 0 atom stereocenters. The topological polar surface area (TPSA) is 98.1 Å². The molecule has 3 aromatic rings. The van der Waals surface area contributed by atoms with Gasteiger partial charge in [-0.2, -0.15) is 24.9 Å². The summed E-state index contributed by atoms with van der Waals surface area (Å²) in [5.74, 6) is 0.0131. The van der Waals surface area contributed by atoms with E-state index in [1.807, 2.05) is 0 Å². The van der Waals surface area contributed by atoms with E-state index in [9.17, 15) is 22.8 Å². The largest absolute Gasteiger partial charge is 0.472 e. The monoisotopic (exact) mass is 623 g/mol. The highest BCUT2D eigenvalue weighted by atomic mass is 79.9. The molecule has 15 heteroatoms. The molecule has 0 aliphatic carbocycles. The van der Waals surface area contributed by atoms with Gasteiger partial charge in [0.2, 0.25) is 5.88 Å². The van der Waals surface area contributed by atoms with Crippen molar-refractivity contribution < 1.29 is 27.5 Å². The van der Waals surface area contributed by atoms with Gasteiger partial charge in [0.15, 0.2) is 5.82 Å². The van der Waals surface area contributed by atoms with Crippen LogP contribution in [-0.2, 0) is 0 Å². The third-order valence-electron chi connectivity index (χ3n) is 4.74. The second-order valence-corrected chi connectivity index (χ2v) is 10.2. The lowest BCUT2D eigenvalue weighted by atomic mass is 10.1. The van der Waals surface area contributed by atoms with Crippen LogP contribution in [0.5, 0.6) is 5.88 Å². The predicted molar refractivity (Wildman–Crippen MR) is 134 cm³/mol. The number of nitrogens with one attached hydrogen (secondary N) is 2. The summed E-state index contributed by atoms with van der Waals surface area (Å²) < 4.78 is 45.0. The highest BCUT2D eigenvalue weighted by Crippen LogP contribution is 2.32. The van der Waals surface area contributed by atoms with Gasteiger partial charge < -0.3 is 15.4 Å². The number of pyridine rings is 1. The fraction of sp³-hybridized carbons (Fsp3) is 0.238. The van der Waals surface area contributed by atoms with Crippen LogP contribution in [0.25, 0.3) is 5.82 Å². The maximum absolute atomic E-state index is 13.4. The van der Waals surface area contributed by atoms with Gasteiger partial charge in [-0.15, -0.1) is 5.10 Å². The summed E-state index contributed by atoms with van der Waals surface area (Å²) in [6, 6.07) is 7.08. The Morgan fingerprint density at radius 1 is 1.22 bits per heavy atom. The second-order valence-electron chi connectivity index (χ2n) is 7.43. The average Bonchev–Trinajstić information content (AvgIpc) is 3.20. The number of rotatable bonds is 7. The number of nitrogens with zero attached hydrogens (tertiary/aromatic N) is 3. The van der Waals surface area contributed by atoms with Crippen molar-refractivity contribution in [3.8, 4) is 11.7 Å². The lowest BCUT2D eigenvalue weighted by Crippen LogP contribution is -2.34. The lowest BCUT2D eigenvalue weighted by molar-refractivity contribution is -0.123. The number of alkyl halides is 3.